The van der Waals surface area contributed by atoms with Crippen molar-refractivity contribution in [1.29, 1.82) is 0 Å². The second kappa shape index (κ2) is 6.25. The van der Waals surface area contributed by atoms with E-state index in [1.165, 1.54) is 6.33 Å². The van der Waals surface area contributed by atoms with Crippen LogP contribution in [0.3, 0.4) is 0 Å². The Kier molecular flexibility index (Phi) is 3.91. The van der Waals surface area contributed by atoms with Gasteiger partial charge >= 0.3 is 5.97 Å². The van der Waals surface area contributed by atoms with Crippen LogP contribution >= 0.6 is 0 Å². The Morgan fingerprint density at radius 2 is 1.92 bits per heavy atom. The highest BCUT2D eigenvalue weighted by atomic mass is 16.6. The van der Waals surface area contributed by atoms with Gasteiger partial charge in [-0.1, -0.05) is 24.3 Å². The fraction of sp³-hybridized carbons (Fsp3) is 0.263. The monoisotopic (exact) mass is 349 g/mol. The Labute approximate surface area is 151 Å². The minimum absolute atomic E-state index is 0.330. The van der Waals surface area contributed by atoms with Crippen molar-refractivity contribution < 1.29 is 9.53 Å². The summed E-state index contributed by atoms with van der Waals surface area (Å²) in [5, 5.41) is 7.36. The van der Waals surface area contributed by atoms with E-state index in [1.807, 2.05) is 32.0 Å². The van der Waals surface area contributed by atoms with Crippen LogP contribution in [-0.4, -0.2) is 25.7 Å². The number of carbonyl (C=O) groups is 1. The Morgan fingerprint density at radius 3 is 2.65 bits per heavy atom. The molecule has 0 saturated heterocycles. The van der Waals surface area contributed by atoms with Crippen LogP contribution in [0.2, 0.25) is 0 Å². The van der Waals surface area contributed by atoms with Gasteiger partial charge in [-0.2, -0.15) is 5.10 Å². The second-order valence-electron chi connectivity index (χ2n) is 6.75. The molecule has 4 rings (SSSR count). The van der Waals surface area contributed by atoms with Crippen LogP contribution in [0.1, 0.15) is 40.9 Å². The smallest absolute Gasteiger partial charge is 0.343 e. The molecule has 1 aliphatic rings. The molecule has 0 unspecified atom stereocenters. The molecule has 0 fully saturated rings. The van der Waals surface area contributed by atoms with Gasteiger partial charge in [-0.15, -0.1) is 0 Å². The van der Waals surface area contributed by atoms with E-state index in [-0.39, 0.29) is 5.97 Å². The first-order valence-electron chi connectivity index (χ1n) is 8.40. The van der Waals surface area contributed by atoms with Crippen molar-refractivity contribution in [2.24, 2.45) is 0 Å². The summed E-state index contributed by atoms with van der Waals surface area (Å²) in [6.45, 7) is 5.02. The van der Waals surface area contributed by atoms with E-state index in [4.69, 9.17) is 4.74 Å². The second-order valence-corrected chi connectivity index (χ2v) is 6.75. The van der Waals surface area contributed by atoms with Gasteiger partial charge < -0.3 is 10.1 Å². The molecular formula is C19H19N5O2. The number of cyclic esters (lactones) is 1. The van der Waals surface area contributed by atoms with Crippen molar-refractivity contribution >= 4 is 11.8 Å². The van der Waals surface area contributed by atoms with Gasteiger partial charge in [-0.25, -0.2) is 19.4 Å². The fourth-order valence-electron chi connectivity index (χ4n) is 3.09. The summed E-state index contributed by atoms with van der Waals surface area (Å²) < 4.78 is 7.22. The number of aromatic nitrogens is 4. The molecule has 0 bridgehead atoms. The SMILES string of the molecule is CC1(C)OC(=O)c2c1ccnc2NCc1ccc(Cn2cncn2)cc1. The minimum Gasteiger partial charge on any atom is -0.451 e. The molecule has 132 valence electrons. The molecule has 1 N–H and O–H groups in total. The lowest BCUT2D eigenvalue weighted by Gasteiger charge is -2.17. The number of nitrogens with zero attached hydrogens (tertiary/aromatic N) is 4. The van der Waals surface area contributed by atoms with E-state index in [2.05, 4.69) is 32.5 Å². The van der Waals surface area contributed by atoms with Crippen molar-refractivity contribution in [1.82, 2.24) is 19.7 Å². The number of hydrogen-bond acceptors (Lipinski definition) is 6. The molecule has 0 saturated carbocycles. The first-order chi connectivity index (χ1) is 12.5. The number of nitrogens with one attached hydrogen (secondary N) is 1. The summed E-state index contributed by atoms with van der Waals surface area (Å²) in [4.78, 5) is 20.5. The topological polar surface area (TPSA) is 81.9 Å². The van der Waals surface area contributed by atoms with E-state index >= 15 is 0 Å². The number of carbonyl (C=O) groups excluding carboxylic acids is 1. The quantitative estimate of drug-likeness (QED) is 0.713. The van der Waals surface area contributed by atoms with Crippen molar-refractivity contribution in [3.05, 3.63) is 71.4 Å². The average Bonchev–Trinajstić information content (AvgIpc) is 3.21. The minimum atomic E-state index is -0.616. The Bertz CT molecular complexity index is 933. The third-order valence-electron chi connectivity index (χ3n) is 4.45. The lowest BCUT2D eigenvalue weighted by atomic mass is 9.97. The van der Waals surface area contributed by atoms with Gasteiger partial charge in [0.25, 0.3) is 0 Å². The molecule has 0 amide bonds. The maximum atomic E-state index is 12.2. The number of rotatable bonds is 5. The lowest BCUT2D eigenvalue weighted by Crippen LogP contribution is -2.15. The third-order valence-corrected chi connectivity index (χ3v) is 4.45. The Balaban J connectivity index is 1.47. The first-order valence-corrected chi connectivity index (χ1v) is 8.40. The summed E-state index contributed by atoms with van der Waals surface area (Å²) in [6.07, 6.45) is 4.92. The number of benzene rings is 1. The summed E-state index contributed by atoms with van der Waals surface area (Å²) >= 11 is 0. The lowest BCUT2D eigenvalue weighted by molar-refractivity contribution is 0.00958. The highest BCUT2D eigenvalue weighted by Crippen LogP contribution is 2.38. The Hall–Kier alpha value is -3.22. The molecule has 3 heterocycles. The molecule has 0 radical (unpaired) electrons. The maximum absolute atomic E-state index is 12.2. The van der Waals surface area contributed by atoms with E-state index in [9.17, 15) is 4.79 Å². The number of esters is 1. The van der Waals surface area contributed by atoms with Gasteiger partial charge in [0.15, 0.2) is 0 Å². The van der Waals surface area contributed by atoms with E-state index in [1.54, 1.807) is 17.2 Å². The van der Waals surface area contributed by atoms with Crippen LogP contribution in [-0.2, 0) is 23.4 Å². The normalized spacial score (nSPS) is 14.8. The summed E-state index contributed by atoms with van der Waals surface area (Å²) in [7, 11) is 0. The van der Waals surface area contributed by atoms with Crippen molar-refractivity contribution in [3.8, 4) is 0 Å². The highest BCUT2D eigenvalue weighted by Gasteiger charge is 2.39. The largest absolute Gasteiger partial charge is 0.451 e. The molecule has 26 heavy (non-hydrogen) atoms. The molecule has 0 aliphatic carbocycles. The number of anilines is 1. The zero-order chi connectivity index (χ0) is 18.1. The van der Waals surface area contributed by atoms with Crippen LogP contribution < -0.4 is 5.32 Å². The van der Waals surface area contributed by atoms with Crippen LogP contribution in [0.4, 0.5) is 5.82 Å². The van der Waals surface area contributed by atoms with Crippen LogP contribution in [0.15, 0.2) is 49.2 Å². The van der Waals surface area contributed by atoms with Gasteiger partial charge in [-0.05, 0) is 31.0 Å². The molecule has 2 aromatic heterocycles. The summed E-state index contributed by atoms with van der Waals surface area (Å²) in [5.41, 5.74) is 3.01. The first kappa shape index (κ1) is 16.3. The summed E-state index contributed by atoms with van der Waals surface area (Å²) in [6, 6.07) is 10.0. The number of ether oxygens (including phenoxy) is 1. The van der Waals surface area contributed by atoms with E-state index in [0.717, 1.165) is 16.7 Å². The highest BCUT2D eigenvalue weighted by molar-refractivity contribution is 5.99. The molecular weight excluding hydrogens is 330 g/mol. The maximum Gasteiger partial charge on any atom is 0.343 e. The standard InChI is InChI=1S/C19H19N5O2/c1-19(2)15-7-8-21-17(16(15)18(25)26-19)22-9-13-3-5-14(6-4-13)10-24-12-20-11-23-24/h3-8,11-12H,9-10H2,1-2H3,(H,21,22). The van der Waals surface area contributed by atoms with Crippen molar-refractivity contribution in [2.75, 3.05) is 5.32 Å². The van der Waals surface area contributed by atoms with Crippen molar-refractivity contribution in [2.45, 2.75) is 32.5 Å². The average molecular weight is 349 g/mol. The van der Waals surface area contributed by atoms with Crippen molar-refractivity contribution in [3.63, 3.8) is 0 Å². The molecule has 0 atom stereocenters. The zero-order valence-corrected chi connectivity index (χ0v) is 14.6. The molecule has 0 spiro atoms. The summed E-state index contributed by atoms with van der Waals surface area (Å²) in [5.74, 6) is 0.230. The fourth-order valence-corrected chi connectivity index (χ4v) is 3.09. The number of hydrogen-bond donors (Lipinski definition) is 1. The van der Waals surface area contributed by atoms with Gasteiger partial charge in [0, 0.05) is 18.3 Å². The predicted octanol–water partition coefficient (Wildman–Crippen LogP) is 2.74. The van der Waals surface area contributed by atoms with Gasteiger partial charge in [0.2, 0.25) is 0 Å². The van der Waals surface area contributed by atoms with Gasteiger partial charge in [0.05, 0.1) is 6.54 Å². The van der Waals surface area contributed by atoms with E-state index in [0.29, 0.717) is 24.5 Å². The molecule has 7 heteroatoms. The third kappa shape index (κ3) is 3.03. The number of pyridine rings is 1. The Morgan fingerprint density at radius 1 is 1.15 bits per heavy atom. The van der Waals surface area contributed by atoms with Gasteiger partial charge in [-0.3, -0.25) is 0 Å². The molecule has 3 aromatic rings. The molecule has 1 aliphatic heterocycles. The number of fused-ring (bicyclic) bond motifs is 1. The van der Waals surface area contributed by atoms with Crippen LogP contribution in [0.25, 0.3) is 0 Å². The van der Waals surface area contributed by atoms with Gasteiger partial charge in [0.1, 0.15) is 29.6 Å². The zero-order valence-electron chi connectivity index (χ0n) is 14.6. The molecule has 7 nitrogen and oxygen atoms in total. The van der Waals surface area contributed by atoms with E-state index < -0.39 is 5.60 Å². The van der Waals surface area contributed by atoms with Crippen LogP contribution in [0, 0.1) is 0 Å². The van der Waals surface area contributed by atoms with Crippen LogP contribution in [0.5, 0.6) is 0 Å². The predicted molar refractivity (Wildman–Crippen MR) is 95.6 cm³/mol. The molecule has 1 aromatic carbocycles.